The van der Waals surface area contributed by atoms with Gasteiger partial charge < -0.3 is 19.9 Å². The van der Waals surface area contributed by atoms with Crippen molar-refractivity contribution < 1.29 is 28.6 Å². The summed E-state index contributed by atoms with van der Waals surface area (Å²) in [6.07, 6.45) is 0.122. The third kappa shape index (κ3) is 4.57. The second-order valence-electron chi connectivity index (χ2n) is 7.97. The van der Waals surface area contributed by atoms with Crippen LogP contribution in [0.4, 0.5) is 10.1 Å². The Hall–Kier alpha value is -3.39. The van der Waals surface area contributed by atoms with E-state index in [1.165, 1.54) is 18.2 Å². The maximum Gasteiger partial charge on any atom is 0.346 e. The van der Waals surface area contributed by atoms with Crippen LogP contribution in [0.1, 0.15) is 53.2 Å². The molecule has 0 spiro atoms. The SMILES string of the molecule is CCOc1cc(C2CC(=O)Nc3c2sc(C(=O)O)c3-c2cccc(F)c2)ccc1OC(C)C. The molecule has 172 valence electrons. The van der Waals surface area contributed by atoms with Gasteiger partial charge >= 0.3 is 5.97 Å². The number of carbonyl (C=O) groups is 2. The smallest absolute Gasteiger partial charge is 0.346 e. The van der Waals surface area contributed by atoms with Crippen LogP contribution in [0.5, 0.6) is 11.5 Å². The number of amides is 1. The minimum Gasteiger partial charge on any atom is -0.490 e. The summed E-state index contributed by atoms with van der Waals surface area (Å²) in [5, 5.41) is 12.7. The molecule has 0 saturated carbocycles. The van der Waals surface area contributed by atoms with Crippen LogP contribution in [0.15, 0.2) is 42.5 Å². The number of hydrogen-bond acceptors (Lipinski definition) is 5. The van der Waals surface area contributed by atoms with Crippen LogP contribution in [0.2, 0.25) is 0 Å². The summed E-state index contributed by atoms with van der Waals surface area (Å²) in [4.78, 5) is 25.5. The average molecular weight is 470 g/mol. The molecule has 2 N–H and O–H groups in total. The normalized spacial score (nSPS) is 15.2. The van der Waals surface area contributed by atoms with Crippen LogP contribution in [-0.4, -0.2) is 29.7 Å². The molecule has 2 aromatic carbocycles. The van der Waals surface area contributed by atoms with Crippen LogP contribution >= 0.6 is 11.3 Å². The van der Waals surface area contributed by atoms with Gasteiger partial charge in [0.15, 0.2) is 11.5 Å². The number of fused-ring (bicyclic) bond motifs is 1. The van der Waals surface area contributed by atoms with E-state index in [2.05, 4.69) is 5.32 Å². The van der Waals surface area contributed by atoms with E-state index < -0.39 is 11.8 Å². The highest BCUT2D eigenvalue weighted by molar-refractivity contribution is 7.15. The molecular weight excluding hydrogens is 445 g/mol. The molecule has 8 heteroatoms. The maximum atomic E-state index is 13.9. The minimum atomic E-state index is -1.13. The van der Waals surface area contributed by atoms with Crippen molar-refractivity contribution in [3.05, 3.63) is 63.6 Å². The van der Waals surface area contributed by atoms with Gasteiger partial charge in [-0.1, -0.05) is 18.2 Å². The minimum absolute atomic E-state index is 0.0358. The molecule has 0 aliphatic carbocycles. The summed E-state index contributed by atoms with van der Waals surface area (Å²) < 4.78 is 25.5. The monoisotopic (exact) mass is 469 g/mol. The summed E-state index contributed by atoms with van der Waals surface area (Å²) in [6.45, 7) is 6.17. The topological polar surface area (TPSA) is 84.9 Å². The largest absolute Gasteiger partial charge is 0.490 e. The summed E-state index contributed by atoms with van der Waals surface area (Å²) >= 11 is 1.10. The zero-order chi connectivity index (χ0) is 23.7. The number of hydrogen-bond donors (Lipinski definition) is 2. The molecular formula is C25H24FNO5S. The fraction of sp³-hybridized carbons (Fsp3) is 0.280. The summed E-state index contributed by atoms with van der Waals surface area (Å²) in [5.74, 6) is -1.04. The van der Waals surface area contributed by atoms with E-state index in [-0.39, 0.29) is 29.2 Å². The molecule has 6 nitrogen and oxygen atoms in total. The van der Waals surface area contributed by atoms with Crippen LogP contribution in [0, 0.1) is 5.82 Å². The van der Waals surface area contributed by atoms with Crippen LogP contribution in [-0.2, 0) is 4.79 Å². The number of benzene rings is 2. The van der Waals surface area contributed by atoms with E-state index in [1.807, 2.05) is 39.0 Å². The molecule has 33 heavy (non-hydrogen) atoms. The van der Waals surface area contributed by atoms with Gasteiger partial charge in [0.2, 0.25) is 5.91 Å². The van der Waals surface area contributed by atoms with Gasteiger partial charge in [-0.15, -0.1) is 11.3 Å². The van der Waals surface area contributed by atoms with Gasteiger partial charge in [0, 0.05) is 22.8 Å². The van der Waals surface area contributed by atoms with Gasteiger partial charge in [0.05, 0.1) is 18.4 Å². The van der Waals surface area contributed by atoms with E-state index in [4.69, 9.17) is 9.47 Å². The van der Waals surface area contributed by atoms with Crippen LogP contribution in [0.25, 0.3) is 11.1 Å². The molecule has 0 bridgehead atoms. The molecule has 0 radical (unpaired) electrons. The lowest BCUT2D eigenvalue weighted by molar-refractivity contribution is -0.116. The van der Waals surface area contributed by atoms with Crippen molar-refractivity contribution in [2.75, 3.05) is 11.9 Å². The number of ether oxygens (including phenoxy) is 2. The van der Waals surface area contributed by atoms with E-state index in [0.717, 1.165) is 16.9 Å². The van der Waals surface area contributed by atoms with E-state index in [1.54, 1.807) is 6.07 Å². The number of aromatic carboxylic acids is 1. The number of carboxylic acid groups (broad SMARTS) is 1. The third-order valence-corrected chi connectivity index (χ3v) is 6.54. The molecule has 2 heterocycles. The predicted octanol–water partition coefficient (Wildman–Crippen LogP) is 5.91. The zero-order valence-electron chi connectivity index (χ0n) is 18.5. The standard InChI is InChI=1S/C25H24FNO5S/c1-4-31-19-11-14(8-9-18(19)32-13(2)3)17-12-20(28)27-22-21(15-6-5-7-16(26)10-15)24(25(29)30)33-23(17)22/h5-11,13,17H,4,12H2,1-3H3,(H,27,28)(H,29,30). The van der Waals surface area contributed by atoms with Crippen LogP contribution in [0.3, 0.4) is 0 Å². The lowest BCUT2D eigenvalue weighted by Gasteiger charge is -2.25. The Morgan fingerprint density at radius 2 is 2.03 bits per heavy atom. The number of carbonyl (C=O) groups excluding carboxylic acids is 1. The van der Waals surface area contributed by atoms with Crippen molar-refractivity contribution in [1.82, 2.24) is 0 Å². The van der Waals surface area contributed by atoms with Gasteiger partial charge in [-0.05, 0) is 56.2 Å². The van der Waals surface area contributed by atoms with Crippen LogP contribution < -0.4 is 14.8 Å². The maximum absolute atomic E-state index is 13.9. The first-order valence-electron chi connectivity index (χ1n) is 10.7. The highest BCUT2D eigenvalue weighted by Gasteiger charge is 2.35. The first-order chi connectivity index (χ1) is 15.8. The molecule has 1 aromatic heterocycles. The van der Waals surface area contributed by atoms with Crippen molar-refractivity contribution in [2.24, 2.45) is 0 Å². The van der Waals surface area contributed by atoms with Gasteiger partial charge in [-0.25, -0.2) is 9.18 Å². The Balaban J connectivity index is 1.86. The second-order valence-corrected chi connectivity index (χ2v) is 9.02. The lowest BCUT2D eigenvalue weighted by atomic mass is 9.88. The Kier molecular flexibility index (Phi) is 6.37. The quantitative estimate of drug-likeness (QED) is 0.449. The molecule has 1 unspecified atom stereocenters. The Morgan fingerprint density at radius 3 is 2.70 bits per heavy atom. The average Bonchev–Trinajstić information content (AvgIpc) is 3.14. The third-order valence-electron chi connectivity index (χ3n) is 5.25. The van der Waals surface area contributed by atoms with Crippen molar-refractivity contribution in [1.29, 1.82) is 0 Å². The second kappa shape index (κ2) is 9.23. The fourth-order valence-corrected chi connectivity index (χ4v) is 5.23. The predicted molar refractivity (Wildman–Crippen MR) is 125 cm³/mol. The first kappa shape index (κ1) is 22.8. The number of halogens is 1. The molecule has 1 aliphatic heterocycles. The van der Waals surface area contributed by atoms with Gasteiger partial charge in [-0.3, -0.25) is 4.79 Å². The summed E-state index contributed by atoms with van der Waals surface area (Å²) in [6, 6.07) is 11.2. The summed E-state index contributed by atoms with van der Waals surface area (Å²) in [5.41, 5.74) is 1.96. The molecule has 0 saturated heterocycles. The summed E-state index contributed by atoms with van der Waals surface area (Å²) in [7, 11) is 0. The molecule has 4 rings (SSSR count). The van der Waals surface area contributed by atoms with Crippen molar-refractivity contribution >= 4 is 28.9 Å². The molecule has 1 amide bonds. The molecule has 1 atom stereocenters. The zero-order valence-corrected chi connectivity index (χ0v) is 19.3. The van der Waals surface area contributed by atoms with Gasteiger partial charge in [-0.2, -0.15) is 0 Å². The highest BCUT2D eigenvalue weighted by atomic mass is 32.1. The van der Waals surface area contributed by atoms with Gasteiger partial charge in [0.25, 0.3) is 0 Å². The van der Waals surface area contributed by atoms with Crippen molar-refractivity contribution in [3.63, 3.8) is 0 Å². The Bertz CT molecular complexity index is 1220. The fourth-order valence-electron chi connectivity index (χ4n) is 3.99. The Morgan fingerprint density at radius 1 is 1.24 bits per heavy atom. The first-order valence-corrected chi connectivity index (χ1v) is 11.5. The Labute approximate surface area is 195 Å². The number of thiophene rings is 1. The van der Waals surface area contributed by atoms with Crippen molar-refractivity contribution in [2.45, 2.75) is 39.2 Å². The van der Waals surface area contributed by atoms with E-state index >= 15 is 0 Å². The van der Waals surface area contributed by atoms with Crippen molar-refractivity contribution in [3.8, 4) is 22.6 Å². The number of nitrogens with one attached hydrogen (secondary N) is 1. The lowest BCUT2D eigenvalue weighted by Crippen LogP contribution is -2.22. The highest BCUT2D eigenvalue weighted by Crippen LogP contribution is 2.50. The molecule has 3 aromatic rings. The number of anilines is 1. The van der Waals surface area contributed by atoms with E-state index in [0.29, 0.717) is 39.8 Å². The van der Waals surface area contributed by atoms with E-state index in [9.17, 15) is 19.1 Å². The number of rotatable bonds is 7. The van der Waals surface area contributed by atoms with Gasteiger partial charge in [0.1, 0.15) is 10.7 Å². The molecule has 1 aliphatic rings. The number of carboxylic acids is 1. The molecule has 0 fully saturated rings.